The zero-order valence-electron chi connectivity index (χ0n) is 13.9. The fourth-order valence-corrected chi connectivity index (χ4v) is 2.69. The van der Waals surface area contributed by atoms with Gasteiger partial charge >= 0.3 is 0 Å². The van der Waals surface area contributed by atoms with Gasteiger partial charge in [-0.15, -0.1) is 0 Å². The lowest BCUT2D eigenvalue weighted by Gasteiger charge is -2.14. The summed E-state index contributed by atoms with van der Waals surface area (Å²) in [7, 11) is 1.54. The molecule has 128 valence electrons. The van der Waals surface area contributed by atoms with E-state index in [1.165, 1.54) is 25.9 Å². The SMILES string of the molecule is CO/C=C\c1nc(NC(C)=O)nc(NC(C)CCc2ccsc2)n1. The van der Waals surface area contributed by atoms with Crippen LogP contribution in [0.15, 0.2) is 23.1 Å². The molecule has 8 heteroatoms. The number of carbonyl (C=O) groups excluding carboxylic acids is 1. The molecule has 1 unspecified atom stereocenters. The number of nitrogens with one attached hydrogen (secondary N) is 2. The smallest absolute Gasteiger partial charge is 0.234 e. The average Bonchev–Trinajstić information content (AvgIpc) is 3.03. The number of amides is 1. The Morgan fingerprint density at radius 2 is 2.17 bits per heavy atom. The second kappa shape index (κ2) is 8.97. The highest BCUT2D eigenvalue weighted by molar-refractivity contribution is 7.07. The summed E-state index contributed by atoms with van der Waals surface area (Å²) in [5.41, 5.74) is 1.33. The van der Waals surface area contributed by atoms with E-state index in [2.05, 4.69) is 49.3 Å². The normalized spacial score (nSPS) is 12.1. The predicted molar refractivity (Wildman–Crippen MR) is 95.9 cm³/mol. The molecule has 2 N–H and O–H groups in total. The lowest BCUT2D eigenvalue weighted by molar-refractivity contribution is -0.114. The third-order valence-electron chi connectivity index (χ3n) is 3.12. The molecule has 24 heavy (non-hydrogen) atoms. The van der Waals surface area contributed by atoms with E-state index >= 15 is 0 Å². The Kier molecular flexibility index (Phi) is 6.68. The lowest BCUT2D eigenvalue weighted by Crippen LogP contribution is -2.20. The van der Waals surface area contributed by atoms with Gasteiger partial charge in [-0.05, 0) is 42.2 Å². The van der Waals surface area contributed by atoms with Gasteiger partial charge in [-0.1, -0.05) is 0 Å². The Bertz CT molecular complexity index is 688. The first-order chi connectivity index (χ1) is 11.6. The third-order valence-corrected chi connectivity index (χ3v) is 3.85. The number of hydrogen-bond donors (Lipinski definition) is 2. The van der Waals surface area contributed by atoms with Crippen molar-refractivity contribution in [2.45, 2.75) is 32.7 Å². The third kappa shape index (κ3) is 5.96. The molecule has 2 aromatic rings. The van der Waals surface area contributed by atoms with Gasteiger partial charge in [0, 0.05) is 19.0 Å². The largest absolute Gasteiger partial charge is 0.504 e. The zero-order chi connectivity index (χ0) is 17.4. The van der Waals surface area contributed by atoms with Crippen LogP contribution in [0.1, 0.15) is 31.7 Å². The Balaban J connectivity index is 2.05. The molecule has 2 rings (SSSR count). The molecular weight excluding hydrogens is 326 g/mol. The summed E-state index contributed by atoms with van der Waals surface area (Å²) >= 11 is 1.70. The van der Waals surface area contributed by atoms with Gasteiger partial charge in [-0.3, -0.25) is 10.1 Å². The summed E-state index contributed by atoms with van der Waals surface area (Å²) in [6.45, 7) is 3.48. The zero-order valence-corrected chi connectivity index (χ0v) is 14.8. The molecule has 0 radical (unpaired) electrons. The van der Waals surface area contributed by atoms with E-state index in [0.29, 0.717) is 11.8 Å². The van der Waals surface area contributed by atoms with E-state index in [4.69, 9.17) is 4.74 Å². The molecule has 0 spiro atoms. The van der Waals surface area contributed by atoms with E-state index in [9.17, 15) is 4.79 Å². The van der Waals surface area contributed by atoms with E-state index in [1.54, 1.807) is 17.4 Å². The highest BCUT2D eigenvalue weighted by atomic mass is 32.1. The number of thiophene rings is 1. The van der Waals surface area contributed by atoms with Crippen LogP contribution in [0, 0.1) is 0 Å². The summed E-state index contributed by atoms with van der Waals surface area (Å²) in [6, 6.07) is 2.31. The van der Waals surface area contributed by atoms with Gasteiger partial charge in [-0.2, -0.15) is 26.3 Å². The summed E-state index contributed by atoms with van der Waals surface area (Å²) in [6.07, 6.45) is 5.00. The van der Waals surface area contributed by atoms with Gasteiger partial charge in [0.05, 0.1) is 13.4 Å². The highest BCUT2D eigenvalue weighted by Gasteiger charge is 2.09. The molecule has 2 heterocycles. The molecule has 1 amide bonds. The van der Waals surface area contributed by atoms with Gasteiger partial charge in [0.1, 0.15) is 0 Å². The molecule has 0 aliphatic carbocycles. The maximum atomic E-state index is 11.2. The van der Waals surface area contributed by atoms with Crippen molar-refractivity contribution < 1.29 is 9.53 Å². The second-order valence-electron chi connectivity index (χ2n) is 5.28. The molecule has 0 bridgehead atoms. The number of carbonyl (C=O) groups is 1. The highest BCUT2D eigenvalue weighted by Crippen LogP contribution is 2.13. The summed E-state index contributed by atoms with van der Waals surface area (Å²) < 4.78 is 4.88. The Morgan fingerprint density at radius 1 is 1.38 bits per heavy atom. The molecule has 7 nitrogen and oxygen atoms in total. The lowest BCUT2D eigenvalue weighted by atomic mass is 10.1. The minimum Gasteiger partial charge on any atom is -0.504 e. The summed E-state index contributed by atoms with van der Waals surface area (Å²) in [5.74, 6) is 0.797. The first-order valence-electron chi connectivity index (χ1n) is 7.57. The van der Waals surface area contributed by atoms with Crippen LogP contribution in [0.5, 0.6) is 0 Å². The first kappa shape index (κ1) is 17.9. The maximum absolute atomic E-state index is 11.2. The molecule has 0 aromatic carbocycles. The van der Waals surface area contributed by atoms with Crippen LogP contribution in [0.3, 0.4) is 0 Å². The second-order valence-corrected chi connectivity index (χ2v) is 6.06. The number of ether oxygens (including phenoxy) is 1. The number of rotatable bonds is 8. The van der Waals surface area contributed by atoms with Crippen LogP contribution in [0.2, 0.25) is 0 Å². The molecule has 0 saturated carbocycles. The number of aryl methyl sites for hydroxylation is 1. The number of nitrogens with zero attached hydrogens (tertiary/aromatic N) is 3. The number of methoxy groups -OCH3 is 1. The Morgan fingerprint density at radius 3 is 2.83 bits per heavy atom. The Hall–Kier alpha value is -2.48. The van der Waals surface area contributed by atoms with Crippen molar-refractivity contribution in [1.29, 1.82) is 0 Å². The van der Waals surface area contributed by atoms with Crippen LogP contribution in [-0.2, 0) is 16.0 Å². The molecule has 0 aliphatic rings. The van der Waals surface area contributed by atoms with Crippen molar-refractivity contribution >= 4 is 35.2 Å². The van der Waals surface area contributed by atoms with Gasteiger partial charge in [-0.25, -0.2) is 0 Å². The minimum absolute atomic E-state index is 0.178. The number of hydrogen-bond acceptors (Lipinski definition) is 7. The summed E-state index contributed by atoms with van der Waals surface area (Å²) in [4.78, 5) is 23.9. The number of aromatic nitrogens is 3. The summed E-state index contributed by atoms with van der Waals surface area (Å²) in [5, 5.41) is 10.1. The quantitative estimate of drug-likeness (QED) is 0.714. The molecule has 0 saturated heterocycles. The Labute approximate surface area is 145 Å². The van der Waals surface area contributed by atoms with E-state index in [-0.39, 0.29) is 17.9 Å². The fraction of sp³-hybridized carbons (Fsp3) is 0.375. The van der Waals surface area contributed by atoms with Crippen LogP contribution < -0.4 is 10.6 Å². The molecule has 0 fully saturated rings. The molecule has 1 atom stereocenters. The molecular formula is C16H21N5O2S. The van der Waals surface area contributed by atoms with Crippen molar-refractivity contribution in [3.8, 4) is 0 Å². The van der Waals surface area contributed by atoms with Gasteiger partial charge in [0.2, 0.25) is 17.8 Å². The van der Waals surface area contributed by atoms with Crippen molar-refractivity contribution in [2.75, 3.05) is 17.7 Å². The van der Waals surface area contributed by atoms with E-state index in [0.717, 1.165) is 12.8 Å². The van der Waals surface area contributed by atoms with E-state index in [1.807, 2.05) is 0 Å². The van der Waals surface area contributed by atoms with Crippen LogP contribution in [0.4, 0.5) is 11.9 Å². The fourth-order valence-electron chi connectivity index (χ4n) is 1.98. The van der Waals surface area contributed by atoms with Crippen molar-refractivity contribution in [3.05, 3.63) is 34.5 Å². The predicted octanol–water partition coefficient (Wildman–Crippen LogP) is 2.94. The maximum Gasteiger partial charge on any atom is 0.234 e. The van der Waals surface area contributed by atoms with Crippen LogP contribution >= 0.6 is 11.3 Å². The first-order valence-corrected chi connectivity index (χ1v) is 8.51. The van der Waals surface area contributed by atoms with Crippen molar-refractivity contribution in [1.82, 2.24) is 15.0 Å². The average molecular weight is 347 g/mol. The molecule has 0 aliphatic heterocycles. The standard InChI is InChI=1S/C16H21N5O2S/c1-11(4-5-13-7-9-24-10-13)17-15-19-14(6-8-23-3)20-16(21-15)18-12(2)22/h6-11H,4-5H2,1-3H3,(H2,17,18,19,20,21,22)/b8-6-. The van der Waals surface area contributed by atoms with Crippen molar-refractivity contribution in [2.24, 2.45) is 0 Å². The minimum atomic E-state index is -0.237. The molecule has 2 aromatic heterocycles. The monoisotopic (exact) mass is 347 g/mol. The van der Waals surface area contributed by atoms with Crippen molar-refractivity contribution in [3.63, 3.8) is 0 Å². The number of anilines is 2. The van der Waals surface area contributed by atoms with Gasteiger partial charge in [0.25, 0.3) is 0 Å². The van der Waals surface area contributed by atoms with Gasteiger partial charge < -0.3 is 10.1 Å². The van der Waals surface area contributed by atoms with Crippen LogP contribution in [-0.4, -0.2) is 34.0 Å². The van der Waals surface area contributed by atoms with Crippen LogP contribution in [0.25, 0.3) is 6.08 Å². The van der Waals surface area contributed by atoms with Gasteiger partial charge in [0.15, 0.2) is 5.82 Å². The van der Waals surface area contributed by atoms with E-state index < -0.39 is 0 Å². The topological polar surface area (TPSA) is 89.0 Å².